The summed E-state index contributed by atoms with van der Waals surface area (Å²) >= 11 is 0. The fourth-order valence-corrected chi connectivity index (χ4v) is 3.55. The van der Waals surface area contributed by atoms with Gasteiger partial charge in [0.1, 0.15) is 13.3 Å². The summed E-state index contributed by atoms with van der Waals surface area (Å²) in [4.78, 5) is 12.1. The van der Waals surface area contributed by atoms with Crippen LogP contribution in [0.1, 0.15) is 30.1 Å². The van der Waals surface area contributed by atoms with Gasteiger partial charge in [-0.1, -0.05) is 13.3 Å². The number of carbonyl (C=O) groups is 1. The first-order valence-corrected chi connectivity index (χ1v) is 16.6. The SMILES string of the molecule is CCCCNc1ccc(C(=O)OCCOCCOCCOCCOCCOCCOCCOCCOCCOCCOCCF)cc1. The summed E-state index contributed by atoms with van der Waals surface area (Å²) < 4.78 is 70.9. The number of hydrogen-bond acceptors (Lipinski definition) is 13. The molecule has 0 aliphatic heterocycles. The van der Waals surface area contributed by atoms with Crippen LogP contribution in [0.5, 0.6) is 0 Å². The highest BCUT2D eigenvalue weighted by Crippen LogP contribution is 2.10. The molecule has 0 aromatic heterocycles. The van der Waals surface area contributed by atoms with Gasteiger partial charge in [-0.3, -0.25) is 0 Å². The van der Waals surface area contributed by atoms with Crippen LogP contribution in [0.3, 0.4) is 0 Å². The molecule has 14 heteroatoms. The lowest BCUT2D eigenvalue weighted by atomic mass is 10.2. The maximum absolute atomic E-state index is 12.1. The Morgan fingerprint density at radius 3 is 1.15 bits per heavy atom. The van der Waals surface area contributed by atoms with E-state index >= 15 is 0 Å². The minimum atomic E-state index is -0.479. The molecule has 0 spiro atoms. The molecule has 1 rings (SSSR count). The molecule has 1 aromatic rings. The predicted octanol–water partition coefficient (Wildman–Crippen LogP) is 3.19. The maximum atomic E-state index is 12.1. The van der Waals surface area contributed by atoms with Crippen LogP contribution in [0.4, 0.5) is 10.1 Å². The predicted molar refractivity (Wildman–Crippen MR) is 174 cm³/mol. The molecule has 1 N–H and O–H groups in total. The molecule has 274 valence electrons. The fraction of sp³-hybridized carbons (Fsp3) is 0.788. The van der Waals surface area contributed by atoms with Crippen molar-refractivity contribution in [2.24, 2.45) is 0 Å². The van der Waals surface area contributed by atoms with Gasteiger partial charge in [-0.15, -0.1) is 0 Å². The third kappa shape index (κ3) is 29.9. The Bertz CT molecular complexity index is 793. The number of esters is 1. The van der Waals surface area contributed by atoms with Crippen molar-refractivity contribution in [3.8, 4) is 0 Å². The summed E-state index contributed by atoms with van der Waals surface area (Å²) in [6.07, 6.45) is 2.24. The van der Waals surface area contributed by atoms with Crippen molar-refractivity contribution in [2.75, 3.05) is 157 Å². The third-order valence-corrected chi connectivity index (χ3v) is 6.01. The smallest absolute Gasteiger partial charge is 0.338 e. The molecule has 0 fully saturated rings. The Hall–Kier alpha value is -1.98. The minimum absolute atomic E-state index is 0.109. The van der Waals surface area contributed by atoms with E-state index in [4.69, 9.17) is 52.1 Å². The number of benzene rings is 1. The molecule has 0 aliphatic rings. The third-order valence-electron chi connectivity index (χ3n) is 6.01. The Balaban J connectivity index is 1.70. The topological polar surface area (TPSA) is 131 Å². The molecule has 0 bridgehead atoms. The van der Waals surface area contributed by atoms with Crippen molar-refractivity contribution >= 4 is 11.7 Å². The zero-order valence-electron chi connectivity index (χ0n) is 28.3. The lowest BCUT2D eigenvalue weighted by Crippen LogP contribution is -2.15. The minimum Gasteiger partial charge on any atom is -0.460 e. The first kappa shape index (κ1) is 43.0. The maximum Gasteiger partial charge on any atom is 0.338 e. The van der Waals surface area contributed by atoms with E-state index in [1.165, 1.54) is 0 Å². The summed E-state index contributed by atoms with van der Waals surface area (Å²) in [5.41, 5.74) is 1.51. The zero-order valence-corrected chi connectivity index (χ0v) is 28.3. The highest BCUT2D eigenvalue weighted by atomic mass is 19.1. The van der Waals surface area contributed by atoms with Crippen molar-refractivity contribution in [3.05, 3.63) is 29.8 Å². The van der Waals surface area contributed by atoms with E-state index in [0.29, 0.717) is 131 Å². The number of alkyl halides is 1. The summed E-state index contributed by atoms with van der Waals surface area (Å²) in [7, 11) is 0. The average molecular weight is 680 g/mol. The Morgan fingerprint density at radius 2 is 0.830 bits per heavy atom. The monoisotopic (exact) mass is 679 g/mol. The molecule has 0 saturated heterocycles. The van der Waals surface area contributed by atoms with Gasteiger partial charge in [-0.2, -0.15) is 0 Å². The van der Waals surface area contributed by atoms with Gasteiger partial charge in [0.05, 0.1) is 138 Å². The second kappa shape index (κ2) is 35.3. The number of rotatable bonds is 37. The molecule has 0 amide bonds. The summed E-state index contributed by atoms with van der Waals surface area (Å²) in [5, 5.41) is 3.31. The Morgan fingerprint density at radius 1 is 0.511 bits per heavy atom. The fourth-order valence-electron chi connectivity index (χ4n) is 3.55. The van der Waals surface area contributed by atoms with E-state index in [1.54, 1.807) is 12.1 Å². The second-order valence-electron chi connectivity index (χ2n) is 9.81. The first-order chi connectivity index (χ1) is 23.3. The quantitative estimate of drug-likeness (QED) is 0.0817. The molecule has 0 heterocycles. The van der Waals surface area contributed by atoms with Crippen molar-refractivity contribution in [2.45, 2.75) is 19.8 Å². The molecule has 0 atom stereocenters. The first-order valence-electron chi connectivity index (χ1n) is 16.6. The van der Waals surface area contributed by atoms with E-state index in [9.17, 15) is 9.18 Å². The van der Waals surface area contributed by atoms with E-state index < -0.39 is 6.67 Å². The number of carbonyl (C=O) groups excluding carboxylic acids is 1. The van der Waals surface area contributed by atoms with Gasteiger partial charge in [0.15, 0.2) is 0 Å². The molecule has 0 unspecified atom stereocenters. The van der Waals surface area contributed by atoms with Crippen LogP contribution in [-0.2, 0) is 52.1 Å². The van der Waals surface area contributed by atoms with E-state index in [1.807, 2.05) is 12.1 Å². The Kier molecular flexibility index (Phi) is 32.4. The van der Waals surface area contributed by atoms with E-state index in [-0.39, 0.29) is 19.2 Å². The standard InChI is InChI=1S/C33H58FNO12/c1-2-3-9-35-32-6-4-31(5-7-32)33(36)47-30-29-46-28-27-45-26-25-44-24-23-43-22-21-42-20-19-41-18-17-40-16-15-39-14-13-38-12-11-37-10-8-34/h4-7,35H,2-3,8-30H2,1H3. The van der Waals surface area contributed by atoms with Gasteiger partial charge < -0.3 is 57.4 Å². The number of ether oxygens (including phenoxy) is 11. The molecule has 47 heavy (non-hydrogen) atoms. The van der Waals surface area contributed by atoms with Crippen LogP contribution >= 0.6 is 0 Å². The average Bonchev–Trinajstić information content (AvgIpc) is 3.09. The summed E-state index contributed by atoms with van der Waals surface area (Å²) in [6.45, 7) is 11.5. The lowest BCUT2D eigenvalue weighted by Gasteiger charge is -2.09. The van der Waals surface area contributed by atoms with Crippen LogP contribution in [0.25, 0.3) is 0 Å². The number of unbranched alkanes of at least 4 members (excludes halogenated alkanes) is 1. The Labute approximate surface area is 279 Å². The molecular weight excluding hydrogens is 621 g/mol. The van der Waals surface area contributed by atoms with Gasteiger partial charge >= 0.3 is 5.97 Å². The van der Waals surface area contributed by atoms with Crippen LogP contribution in [0, 0.1) is 0 Å². The summed E-state index contributed by atoms with van der Waals surface area (Å²) in [5.74, 6) is -0.364. The second-order valence-corrected chi connectivity index (χ2v) is 9.81. The number of anilines is 1. The molecule has 0 saturated carbocycles. The van der Waals surface area contributed by atoms with Crippen molar-refractivity contribution in [3.63, 3.8) is 0 Å². The van der Waals surface area contributed by atoms with Crippen molar-refractivity contribution in [1.82, 2.24) is 0 Å². The van der Waals surface area contributed by atoms with E-state index in [2.05, 4.69) is 12.2 Å². The summed E-state index contributed by atoms with van der Waals surface area (Å²) in [6, 6.07) is 7.28. The van der Waals surface area contributed by atoms with Gasteiger partial charge in [0.25, 0.3) is 0 Å². The number of nitrogens with one attached hydrogen (secondary N) is 1. The highest BCUT2D eigenvalue weighted by Gasteiger charge is 2.06. The van der Waals surface area contributed by atoms with Gasteiger partial charge in [-0.05, 0) is 30.7 Å². The lowest BCUT2D eigenvalue weighted by molar-refractivity contribution is -0.0272. The van der Waals surface area contributed by atoms with Crippen molar-refractivity contribution in [1.29, 1.82) is 0 Å². The van der Waals surface area contributed by atoms with Crippen LogP contribution in [0.15, 0.2) is 24.3 Å². The van der Waals surface area contributed by atoms with E-state index in [0.717, 1.165) is 25.1 Å². The normalized spacial score (nSPS) is 11.3. The molecule has 1 aromatic carbocycles. The largest absolute Gasteiger partial charge is 0.460 e. The van der Waals surface area contributed by atoms with Crippen molar-refractivity contribution < 1.29 is 61.3 Å². The highest BCUT2D eigenvalue weighted by molar-refractivity contribution is 5.89. The molecular formula is C33H58FNO12. The number of halogens is 1. The van der Waals surface area contributed by atoms with Gasteiger partial charge in [-0.25, -0.2) is 9.18 Å². The van der Waals surface area contributed by atoms with Gasteiger partial charge in [0, 0.05) is 12.2 Å². The van der Waals surface area contributed by atoms with Crippen LogP contribution < -0.4 is 5.32 Å². The van der Waals surface area contributed by atoms with Crippen LogP contribution in [0.2, 0.25) is 0 Å². The molecule has 0 aliphatic carbocycles. The molecule has 0 radical (unpaired) electrons. The molecule has 13 nitrogen and oxygen atoms in total. The van der Waals surface area contributed by atoms with Gasteiger partial charge in [0.2, 0.25) is 0 Å². The zero-order chi connectivity index (χ0) is 33.7. The number of hydrogen-bond donors (Lipinski definition) is 1. The van der Waals surface area contributed by atoms with Crippen LogP contribution in [-0.4, -0.2) is 158 Å².